The fraction of sp³-hybridized carbons (Fsp3) is 0.600. The van der Waals surface area contributed by atoms with Crippen LogP contribution in [0.15, 0.2) is 18.2 Å². The molecule has 2 nitrogen and oxygen atoms in total. The van der Waals surface area contributed by atoms with E-state index in [0.29, 0.717) is 12.1 Å². The molecule has 18 heavy (non-hydrogen) atoms. The highest BCUT2D eigenvalue weighted by molar-refractivity contribution is 6.32. The van der Waals surface area contributed by atoms with E-state index in [1.165, 1.54) is 18.4 Å². The van der Waals surface area contributed by atoms with Crippen molar-refractivity contribution in [1.82, 2.24) is 5.32 Å². The topological polar surface area (TPSA) is 21.3 Å². The fourth-order valence-electron chi connectivity index (χ4n) is 2.62. The summed E-state index contributed by atoms with van der Waals surface area (Å²) in [6.07, 6.45) is 5.04. The van der Waals surface area contributed by atoms with E-state index < -0.39 is 0 Å². The van der Waals surface area contributed by atoms with Crippen LogP contribution in [0.3, 0.4) is 0 Å². The van der Waals surface area contributed by atoms with Crippen molar-refractivity contribution in [3.05, 3.63) is 34.3 Å². The molecule has 0 aromatic heterocycles. The number of halogens is 1. The van der Waals surface area contributed by atoms with Gasteiger partial charge in [-0.3, -0.25) is 0 Å². The molecular weight excluding hydrogens is 246 g/mol. The summed E-state index contributed by atoms with van der Waals surface area (Å²) in [5.74, 6) is 0. The van der Waals surface area contributed by atoms with Gasteiger partial charge in [0.15, 0.2) is 0 Å². The van der Waals surface area contributed by atoms with Gasteiger partial charge in [-0.25, -0.2) is 0 Å². The molecule has 0 spiro atoms. The highest BCUT2D eigenvalue weighted by Crippen LogP contribution is 2.30. The van der Waals surface area contributed by atoms with Gasteiger partial charge in [0, 0.05) is 17.7 Å². The zero-order valence-corrected chi connectivity index (χ0v) is 12.0. The molecule has 1 aliphatic heterocycles. The molecule has 2 unspecified atom stereocenters. The predicted octanol–water partition coefficient (Wildman–Crippen LogP) is 3.87. The first-order valence-corrected chi connectivity index (χ1v) is 7.14. The minimum absolute atomic E-state index is 0.321. The van der Waals surface area contributed by atoms with Crippen LogP contribution in [0.1, 0.15) is 42.9 Å². The van der Waals surface area contributed by atoms with Gasteiger partial charge < -0.3 is 10.1 Å². The van der Waals surface area contributed by atoms with E-state index in [4.69, 9.17) is 16.3 Å². The largest absolute Gasteiger partial charge is 0.378 e. The number of hydrogen-bond donors (Lipinski definition) is 1. The summed E-state index contributed by atoms with van der Waals surface area (Å²) < 4.78 is 5.68. The van der Waals surface area contributed by atoms with Crippen LogP contribution in [-0.4, -0.2) is 19.8 Å². The number of hydrogen-bond acceptors (Lipinski definition) is 2. The number of nitrogens with one attached hydrogen (secondary N) is 1. The average molecular weight is 268 g/mol. The maximum atomic E-state index is 6.39. The summed E-state index contributed by atoms with van der Waals surface area (Å²) in [5, 5.41) is 4.26. The van der Waals surface area contributed by atoms with Crippen LogP contribution in [0.5, 0.6) is 0 Å². The molecule has 3 heteroatoms. The van der Waals surface area contributed by atoms with E-state index in [-0.39, 0.29) is 0 Å². The first-order chi connectivity index (χ1) is 8.72. The second-order valence-corrected chi connectivity index (χ2v) is 5.41. The Morgan fingerprint density at radius 2 is 2.33 bits per heavy atom. The molecule has 1 N–H and O–H groups in total. The van der Waals surface area contributed by atoms with E-state index in [2.05, 4.69) is 30.4 Å². The lowest BCUT2D eigenvalue weighted by atomic mass is 9.98. The molecule has 1 fully saturated rings. The minimum Gasteiger partial charge on any atom is -0.378 e. The molecule has 0 bridgehead atoms. The summed E-state index contributed by atoms with van der Waals surface area (Å²) in [7, 11) is 2.00. The number of aryl methyl sites for hydroxylation is 1. The third-order valence-corrected chi connectivity index (χ3v) is 4.26. The Morgan fingerprint density at radius 1 is 1.50 bits per heavy atom. The van der Waals surface area contributed by atoms with Crippen molar-refractivity contribution in [2.45, 2.75) is 44.8 Å². The summed E-state index contributed by atoms with van der Waals surface area (Å²) in [4.78, 5) is 0. The zero-order chi connectivity index (χ0) is 13.0. The second kappa shape index (κ2) is 6.55. The lowest BCUT2D eigenvalue weighted by Gasteiger charge is -2.20. The van der Waals surface area contributed by atoms with Crippen LogP contribution < -0.4 is 5.32 Å². The first-order valence-electron chi connectivity index (χ1n) is 6.76. The molecule has 0 aliphatic carbocycles. The molecule has 1 aromatic carbocycles. The highest BCUT2D eigenvalue weighted by Gasteiger charge is 2.19. The Bertz CT molecular complexity index is 388. The Morgan fingerprint density at radius 3 is 3.00 bits per heavy atom. The lowest BCUT2D eigenvalue weighted by Crippen LogP contribution is -2.19. The Hall–Kier alpha value is -0.570. The molecule has 0 radical (unpaired) electrons. The van der Waals surface area contributed by atoms with E-state index in [0.717, 1.165) is 30.0 Å². The molecule has 100 valence electrons. The maximum Gasteiger partial charge on any atom is 0.0576 e. The molecule has 1 heterocycles. The fourth-order valence-corrected chi connectivity index (χ4v) is 2.88. The van der Waals surface area contributed by atoms with Crippen molar-refractivity contribution < 1.29 is 4.74 Å². The molecular formula is C15H22ClNO. The minimum atomic E-state index is 0.321. The van der Waals surface area contributed by atoms with Crippen molar-refractivity contribution in [3.8, 4) is 0 Å². The molecule has 1 aromatic rings. The van der Waals surface area contributed by atoms with Crippen LogP contribution in [0, 0.1) is 6.92 Å². The van der Waals surface area contributed by atoms with Crippen molar-refractivity contribution >= 4 is 11.6 Å². The van der Waals surface area contributed by atoms with Gasteiger partial charge in [-0.1, -0.05) is 29.8 Å². The van der Waals surface area contributed by atoms with Gasteiger partial charge >= 0.3 is 0 Å². The predicted molar refractivity (Wildman–Crippen MR) is 76.2 cm³/mol. The maximum absolute atomic E-state index is 6.39. The Kier molecular flexibility index (Phi) is 5.04. The van der Waals surface area contributed by atoms with E-state index in [9.17, 15) is 0 Å². The molecule has 0 amide bonds. The quantitative estimate of drug-likeness (QED) is 0.875. The van der Waals surface area contributed by atoms with Crippen LogP contribution in [-0.2, 0) is 4.74 Å². The zero-order valence-electron chi connectivity index (χ0n) is 11.2. The van der Waals surface area contributed by atoms with Crippen LogP contribution >= 0.6 is 11.6 Å². The molecule has 0 saturated carbocycles. The normalized spacial score (nSPS) is 21.2. The van der Waals surface area contributed by atoms with Gasteiger partial charge in [-0.15, -0.1) is 0 Å². The van der Waals surface area contributed by atoms with Gasteiger partial charge in [-0.05, 0) is 50.8 Å². The third-order valence-electron chi connectivity index (χ3n) is 3.75. The number of ether oxygens (including phenoxy) is 1. The Balaban J connectivity index is 2.00. The van der Waals surface area contributed by atoms with Crippen LogP contribution in [0.25, 0.3) is 0 Å². The van der Waals surface area contributed by atoms with Crippen molar-refractivity contribution in [2.24, 2.45) is 0 Å². The van der Waals surface area contributed by atoms with Crippen LogP contribution in [0.2, 0.25) is 5.02 Å². The SMILES string of the molecule is CNC(CCC1CCCO1)c1cccc(C)c1Cl. The number of benzene rings is 1. The molecule has 1 saturated heterocycles. The summed E-state index contributed by atoms with van der Waals surface area (Å²) in [5.41, 5.74) is 2.35. The lowest BCUT2D eigenvalue weighted by molar-refractivity contribution is 0.0998. The smallest absolute Gasteiger partial charge is 0.0576 e. The van der Waals surface area contributed by atoms with Gasteiger partial charge in [0.1, 0.15) is 0 Å². The van der Waals surface area contributed by atoms with Gasteiger partial charge in [0.25, 0.3) is 0 Å². The summed E-state index contributed by atoms with van der Waals surface area (Å²) >= 11 is 6.39. The average Bonchev–Trinajstić information content (AvgIpc) is 2.88. The van der Waals surface area contributed by atoms with Gasteiger partial charge in [0.2, 0.25) is 0 Å². The summed E-state index contributed by atoms with van der Waals surface area (Å²) in [6.45, 7) is 2.98. The highest BCUT2D eigenvalue weighted by atomic mass is 35.5. The molecule has 2 rings (SSSR count). The van der Waals surface area contributed by atoms with Crippen molar-refractivity contribution in [2.75, 3.05) is 13.7 Å². The van der Waals surface area contributed by atoms with E-state index in [1.807, 2.05) is 7.05 Å². The van der Waals surface area contributed by atoms with Crippen molar-refractivity contribution in [1.29, 1.82) is 0 Å². The standard InChI is InChI=1S/C15H22ClNO/c1-11-5-3-7-13(15(11)16)14(17-2)9-8-12-6-4-10-18-12/h3,5,7,12,14,17H,4,6,8-10H2,1-2H3. The molecule has 2 atom stereocenters. The number of rotatable bonds is 5. The third kappa shape index (κ3) is 3.25. The summed E-state index contributed by atoms with van der Waals surface area (Å²) in [6, 6.07) is 6.57. The van der Waals surface area contributed by atoms with Crippen LogP contribution in [0.4, 0.5) is 0 Å². The molecule has 1 aliphatic rings. The van der Waals surface area contributed by atoms with E-state index in [1.54, 1.807) is 0 Å². The first kappa shape index (κ1) is 13.9. The Labute approximate surface area is 115 Å². The monoisotopic (exact) mass is 267 g/mol. The van der Waals surface area contributed by atoms with Gasteiger partial charge in [0.05, 0.1) is 6.10 Å². The van der Waals surface area contributed by atoms with E-state index >= 15 is 0 Å². The second-order valence-electron chi connectivity index (χ2n) is 5.03. The van der Waals surface area contributed by atoms with Crippen molar-refractivity contribution in [3.63, 3.8) is 0 Å². The van der Waals surface area contributed by atoms with Gasteiger partial charge in [-0.2, -0.15) is 0 Å².